The zero-order chi connectivity index (χ0) is 20.8. The van der Waals surface area contributed by atoms with E-state index in [-0.39, 0.29) is 11.9 Å². The number of amides is 1. The summed E-state index contributed by atoms with van der Waals surface area (Å²) in [6.45, 7) is 2.71. The molecule has 4 rings (SSSR count). The summed E-state index contributed by atoms with van der Waals surface area (Å²) in [5.74, 6) is 1.12. The summed E-state index contributed by atoms with van der Waals surface area (Å²) in [6, 6.07) is 13.6. The Morgan fingerprint density at radius 1 is 1.20 bits per heavy atom. The van der Waals surface area contributed by atoms with Gasteiger partial charge in [-0.2, -0.15) is 0 Å². The summed E-state index contributed by atoms with van der Waals surface area (Å²) in [4.78, 5) is 16.5. The maximum Gasteiger partial charge on any atom is 0.273 e. The number of carbonyl (C=O) groups is 1. The van der Waals surface area contributed by atoms with E-state index in [1.807, 2.05) is 24.3 Å². The second-order valence-corrected chi connectivity index (χ2v) is 8.48. The van der Waals surface area contributed by atoms with Crippen LogP contribution in [0.2, 0.25) is 0 Å². The number of nitrogens with zero attached hydrogens (tertiary/aromatic N) is 2. The van der Waals surface area contributed by atoms with Crippen molar-refractivity contribution < 1.29 is 14.1 Å². The lowest BCUT2D eigenvalue weighted by Gasteiger charge is -2.30. The van der Waals surface area contributed by atoms with Crippen LogP contribution in [-0.2, 0) is 0 Å². The maximum absolute atomic E-state index is 12.7. The molecular formula is C23H27N3O3S. The van der Waals surface area contributed by atoms with Gasteiger partial charge in [0, 0.05) is 23.1 Å². The van der Waals surface area contributed by atoms with E-state index >= 15 is 0 Å². The highest BCUT2D eigenvalue weighted by atomic mass is 32.1. The molecule has 1 aromatic carbocycles. The van der Waals surface area contributed by atoms with Crippen molar-refractivity contribution in [1.82, 2.24) is 15.4 Å². The summed E-state index contributed by atoms with van der Waals surface area (Å²) >= 11 is 1.75. The van der Waals surface area contributed by atoms with Crippen LogP contribution >= 0.6 is 11.3 Å². The van der Waals surface area contributed by atoms with Gasteiger partial charge in [-0.3, -0.25) is 9.69 Å². The molecule has 1 aliphatic heterocycles. The SMILES string of the molecule is COc1ccc(-c2cc(C(=O)NC[C@H](c3cccs3)N3CCCCCC3)no2)cc1. The lowest BCUT2D eigenvalue weighted by molar-refractivity contribution is 0.0925. The molecule has 1 saturated heterocycles. The van der Waals surface area contributed by atoms with Gasteiger partial charge in [-0.1, -0.05) is 24.1 Å². The van der Waals surface area contributed by atoms with Crippen LogP contribution in [0.4, 0.5) is 0 Å². The number of carbonyl (C=O) groups excluding carboxylic acids is 1. The first-order valence-electron chi connectivity index (χ1n) is 10.4. The average Bonchev–Trinajstić information content (AvgIpc) is 3.42. The number of hydrogen-bond acceptors (Lipinski definition) is 6. The van der Waals surface area contributed by atoms with Crippen molar-refractivity contribution in [2.24, 2.45) is 0 Å². The molecule has 6 nitrogen and oxygen atoms in total. The number of benzene rings is 1. The van der Waals surface area contributed by atoms with Crippen molar-refractivity contribution >= 4 is 17.2 Å². The highest BCUT2D eigenvalue weighted by Crippen LogP contribution is 2.27. The monoisotopic (exact) mass is 425 g/mol. The number of ether oxygens (including phenoxy) is 1. The molecule has 1 amide bonds. The van der Waals surface area contributed by atoms with Gasteiger partial charge in [0.2, 0.25) is 0 Å². The van der Waals surface area contributed by atoms with Crippen molar-refractivity contribution in [3.8, 4) is 17.1 Å². The van der Waals surface area contributed by atoms with Crippen LogP contribution in [0.1, 0.15) is 47.1 Å². The van der Waals surface area contributed by atoms with Crippen LogP contribution in [0.25, 0.3) is 11.3 Å². The smallest absolute Gasteiger partial charge is 0.273 e. The summed E-state index contributed by atoms with van der Waals surface area (Å²) in [5.41, 5.74) is 1.14. The van der Waals surface area contributed by atoms with Crippen molar-refractivity contribution in [2.75, 3.05) is 26.7 Å². The highest BCUT2D eigenvalue weighted by molar-refractivity contribution is 7.10. The Morgan fingerprint density at radius 2 is 1.97 bits per heavy atom. The highest BCUT2D eigenvalue weighted by Gasteiger charge is 2.24. The van der Waals surface area contributed by atoms with E-state index < -0.39 is 0 Å². The second kappa shape index (κ2) is 9.91. The molecule has 2 aromatic heterocycles. The molecule has 0 aliphatic carbocycles. The molecule has 0 bridgehead atoms. The number of rotatable bonds is 7. The molecule has 0 unspecified atom stereocenters. The Morgan fingerprint density at radius 3 is 2.63 bits per heavy atom. The molecule has 0 spiro atoms. The zero-order valence-corrected chi connectivity index (χ0v) is 18.0. The third kappa shape index (κ3) is 4.91. The van der Waals surface area contributed by atoms with Gasteiger partial charge in [-0.25, -0.2) is 0 Å². The lowest BCUT2D eigenvalue weighted by atomic mass is 10.1. The zero-order valence-electron chi connectivity index (χ0n) is 17.2. The fourth-order valence-corrected chi connectivity index (χ4v) is 4.71. The molecule has 0 radical (unpaired) electrons. The van der Waals surface area contributed by atoms with E-state index in [1.165, 1.54) is 30.6 Å². The van der Waals surface area contributed by atoms with E-state index in [4.69, 9.17) is 9.26 Å². The average molecular weight is 426 g/mol. The van der Waals surface area contributed by atoms with Gasteiger partial charge < -0.3 is 14.6 Å². The minimum absolute atomic E-state index is 0.194. The molecule has 3 aromatic rings. The third-order valence-corrected chi connectivity index (χ3v) is 6.50. The Hall–Kier alpha value is -2.64. The molecule has 1 atom stereocenters. The molecule has 3 heterocycles. The minimum Gasteiger partial charge on any atom is -0.497 e. The van der Waals surface area contributed by atoms with Crippen LogP contribution in [0.5, 0.6) is 5.75 Å². The Balaban J connectivity index is 1.42. The first-order valence-corrected chi connectivity index (χ1v) is 11.3. The van der Waals surface area contributed by atoms with Crippen molar-refractivity contribution in [2.45, 2.75) is 31.7 Å². The van der Waals surface area contributed by atoms with E-state index in [1.54, 1.807) is 24.5 Å². The molecule has 158 valence electrons. The quantitative estimate of drug-likeness (QED) is 0.591. The molecule has 1 fully saturated rings. The standard InChI is InChI=1S/C23H27N3O3S/c1-28-18-10-8-17(9-11-18)21-15-19(25-29-21)23(27)24-16-20(22-7-6-14-30-22)26-12-4-2-3-5-13-26/h6-11,14-15,20H,2-5,12-13,16H2,1H3,(H,24,27)/t20-/m1/s1. The molecule has 1 N–H and O–H groups in total. The van der Waals surface area contributed by atoms with Gasteiger partial charge >= 0.3 is 0 Å². The first kappa shape index (κ1) is 20.6. The van der Waals surface area contributed by atoms with Gasteiger partial charge in [0.1, 0.15) is 5.75 Å². The van der Waals surface area contributed by atoms with Crippen molar-refractivity contribution in [1.29, 1.82) is 0 Å². The Kier molecular flexibility index (Phi) is 6.81. The van der Waals surface area contributed by atoms with Crippen LogP contribution in [0, 0.1) is 0 Å². The molecule has 30 heavy (non-hydrogen) atoms. The second-order valence-electron chi connectivity index (χ2n) is 7.50. The summed E-state index contributed by atoms with van der Waals surface area (Å²) < 4.78 is 10.6. The van der Waals surface area contributed by atoms with E-state index in [0.29, 0.717) is 18.0 Å². The van der Waals surface area contributed by atoms with Crippen LogP contribution in [0.15, 0.2) is 52.4 Å². The number of nitrogens with one attached hydrogen (secondary N) is 1. The fraction of sp³-hybridized carbons (Fsp3) is 0.391. The Bertz CT molecular complexity index is 929. The van der Waals surface area contributed by atoms with Gasteiger partial charge in [-0.15, -0.1) is 11.3 Å². The lowest BCUT2D eigenvalue weighted by Crippen LogP contribution is -2.38. The number of likely N-dealkylation sites (tertiary alicyclic amines) is 1. The van der Waals surface area contributed by atoms with Gasteiger partial charge in [-0.05, 0) is 61.6 Å². The summed E-state index contributed by atoms with van der Waals surface area (Å²) in [5, 5.41) is 9.14. The number of aromatic nitrogens is 1. The third-order valence-electron chi connectivity index (χ3n) is 5.53. The Labute approximate surface area is 180 Å². The molecular weight excluding hydrogens is 398 g/mol. The largest absolute Gasteiger partial charge is 0.497 e. The summed E-state index contributed by atoms with van der Waals surface area (Å²) in [6.07, 6.45) is 4.99. The van der Waals surface area contributed by atoms with Gasteiger partial charge in [0.05, 0.1) is 13.2 Å². The van der Waals surface area contributed by atoms with Gasteiger partial charge in [0.25, 0.3) is 5.91 Å². The number of hydrogen-bond donors (Lipinski definition) is 1. The van der Waals surface area contributed by atoms with Gasteiger partial charge in [0.15, 0.2) is 11.5 Å². The number of thiophene rings is 1. The topological polar surface area (TPSA) is 67.6 Å². The van der Waals surface area contributed by atoms with Crippen LogP contribution < -0.4 is 10.1 Å². The maximum atomic E-state index is 12.7. The van der Waals surface area contributed by atoms with Crippen LogP contribution in [-0.4, -0.2) is 42.7 Å². The van der Waals surface area contributed by atoms with Crippen LogP contribution in [0.3, 0.4) is 0 Å². The minimum atomic E-state index is -0.213. The normalized spacial score (nSPS) is 16.0. The first-order chi connectivity index (χ1) is 14.7. The fourth-order valence-electron chi connectivity index (χ4n) is 3.85. The van der Waals surface area contributed by atoms with Crippen molar-refractivity contribution in [3.63, 3.8) is 0 Å². The van der Waals surface area contributed by atoms with E-state index in [0.717, 1.165) is 24.4 Å². The molecule has 7 heteroatoms. The predicted molar refractivity (Wildman–Crippen MR) is 118 cm³/mol. The predicted octanol–water partition coefficient (Wildman–Crippen LogP) is 4.76. The molecule has 0 saturated carbocycles. The van der Waals surface area contributed by atoms with E-state index in [2.05, 4.69) is 32.9 Å². The molecule has 1 aliphatic rings. The summed E-state index contributed by atoms with van der Waals surface area (Å²) in [7, 11) is 1.63. The van der Waals surface area contributed by atoms with E-state index in [9.17, 15) is 4.79 Å². The number of methoxy groups -OCH3 is 1. The van der Waals surface area contributed by atoms with Crippen molar-refractivity contribution in [3.05, 3.63) is 58.4 Å².